The molecule has 7 heteroatoms. The highest BCUT2D eigenvalue weighted by Gasteiger charge is 2.38. The molecule has 0 radical (unpaired) electrons. The van der Waals surface area contributed by atoms with Crippen LogP contribution >= 0.6 is 0 Å². The Kier molecular flexibility index (Phi) is 5.59. The zero-order valence-electron chi connectivity index (χ0n) is 8.56. The standard InChI is InChI=1S/C8H15F3N2O2/c1-5(2)12-4-7(15)13-3-6(14)8(9,10)11/h5-6,12,14H,3-4H2,1-2H3,(H,13,15). The van der Waals surface area contributed by atoms with Gasteiger partial charge < -0.3 is 15.7 Å². The average molecular weight is 228 g/mol. The Morgan fingerprint density at radius 1 is 1.40 bits per heavy atom. The Morgan fingerprint density at radius 2 is 1.93 bits per heavy atom. The van der Waals surface area contributed by atoms with E-state index in [4.69, 9.17) is 5.11 Å². The van der Waals surface area contributed by atoms with Crippen LogP contribution in [0.5, 0.6) is 0 Å². The molecule has 1 amide bonds. The largest absolute Gasteiger partial charge is 0.416 e. The van der Waals surface area contributed by atoms with Gasteiger partial charge in [-0.3, -0.25) is 4.79 Å². The van der Waals surface area contributed by atoms with Crippen LogP contribution < -0.4 is 10.6 Å². The summed E-state index contributed by atoms with van der Waals surface area (Å²) in [6.45, 7) is 2.72. The van der Waals surface area contributed by atoms with Gasteiger partial charge in [0.2, 0.25) is 5.91 Å². The third kappa shape index (κ3) is 7.15. The van der Waals surface area contributed by atoms with Gasteiger partial charge >= 0.3 is 6.18 Å². The van der Waals surface area contributed by atoms with Gasteiger partial charge in [-0.15, -0.1) is 0 Å². The Hall–Kier alpha value is -0.820. The van der Waals surface area contributed by atoms with Crippen molar-refractivity contribution in [1.29, 1.82) is 0 Å². The maximum Gasteiger partial charge on any atom is 0.416 e. The van der Waals surface area contributed by atoms with Gasteiger partial charge in [0.15, 0.2) is 6.10 Å². The predicted molar refractivity (Wildman–Crippen MR) is 48.2 cm³/mol. The van der Waals surface area contributed by atoms with Crippen molar-refractivity contribution in [3.63, 3.8) is 0 Å². The van der Waals surface area contributed by atoms with E-state index in [1.54, 1.807) is 13.8 Å². The molecule has 0 aliphatic carbocycles. The molecule has 0 spiro atoms. The summed E-state index contributed by atoms with van der Waals surface area (Å²) >= 11 is 0. The second-order valence-electron chi connectivity index (χ2n) is 3.40. The summed E-state index contributed by atoms with van der Waals surface area (Å²) in [5.41, 5.74) is 0. The topological polar surface area (TPSA) is 61.4 Å². The van der Waals surface area contributed by atoms with Gasteiger partial charge in [-0.1, -0.05) is 13.8 Å². The zero-order valence-corrected chi connectivity index (χ0v) is 8.56. The van der Waals surface area contributed by atoms with E-state index in [0.29, 0.717) is 0 Å². The van der Waals surface area contributed by atoms with Gasteiger partial charge in [0.25, 0.3) is 0 Å². The van der Waals surface area contributed by atoms with Gasteiger partial charge in [0.1, 0.15) is 0 Å². The molecule has 1 atom stereocenters. The minimum Gasteiger partial charge on any atom is -0.382 e. The maximum atomic E-state index is 11.8. The van der Waals surface area contributed by atoms with E-state index >= 15 is 0 Å². The number of hydrogen-bond donors (Lipinski definition) is 3. The van der Waals surface area contributed by atoms with Crippen LogP contribution in [-0.2, 0) is 4.79 Å². The number of carbonyl (C=O) groups excluding carboxylic acids is 1. The Bertz CT molecular complexity index is 207. The van der Waals surface area contributed by atoms with E-state index in [2.05, 4.69) is 5.32 Å². The van der Waals surface area contributed by atoms with Crippen LogP contribution in [0, 0.1) is 0 Å². The first-order valence-corrected chi connectivity index (χ1v) is 4.48. The monoisotopic (exact) mass is 228 g/mol. The van der Waals surface area contributed by atoms with E-state index in [1.807, 2.05) is 5.32 Å². The number of aliphatic hydroxyl groups excluding tert-OH is 1. The number of amides is 1. The molecule has 0 bridgehead atoms. The smallest absolute Gasteiger partial charge is 0.382 e. The third-order valence-electron chi connectivity index (χ3n) is 1.54. The number of halogens is 3. The fourth-order valence-electron chi connectivity index (χ4n) is 0.686. The van der Waals surface area contributed by atoms with Crippen LogP contribution in [0.3, 0.4) is 0 Å². The molecule has 1 unspecified atom stereocenters. The first-order valence-electron chi connectivity index (χ1n) is 4.48. The summed E-state index contributed by atoms with van der Waals surface area (Å²) in [7, 11) is 0. The van der Waals surface area contributed by atoms with Crippen LogP contribution in [0.2, 0.25) is 0 Å². The number of aliphatic hydroxyl groups is 1. The molecule has 0 aromatic heterocycles. The van der Waals surface area contributed by atoms with E-state index in [9.17, 15) is 18.0 Å². The lowest BCUT2D eigenvalue weighted by Crippen LogP contribution is -2.44. The van der Waals surface area contributed by atoms with Crippen LogP contribution in [0.25, 0.3) is 0 Å². The molecule has 0 aliphatic heterocycles. The van der Waals surface area contributed by atoms with Gasteiger partial charge in [0, 0.05) is 6.04 Å². The molecule has 0 rings (SSSR count). The molecule has 3 N–H and O–H groups in total. The van der Waals surface area contributed by atoms with Crippen molar-refractivity contribution in [2.75, 3.05) is 13.1 Å². The SMILES string of the molecule is CC(C)NCC(=O)NCC(O)C(F)(F)F. The Labute approximate surface area is 85.8 Å². The molecular weight excluding hydrogens is 213 g/mol. The zero-order chi connectivity index (χ0) is 12.1. The van der Waals surface area contributed by atoms with Crippen LogP contribution in [0.1, 0.15) is 13.8 Å². The highest BCUT2D eigenvalue weighted by molar-refractivity contribution is 5.78. The number of hydrogen-bond acceptors (Lipinski definition) is 3. The van der Waals surface area contributed by atoms with E-state index in [-0.39, 0.29) is 12.6 Å². The second kappa shape index (κ2) is 5.92. The fourth-order valence-corrected chi connectivity index (χ4v) is 0.686. The van der Waals surface area contributed by atoms with E-state index in [0.717, 1.165) is 0 Å². The summed E-state index contributed by atoms with van der Waals surface area (Å²) < 4.78 is 35.4. The molecule has 0 aromatic rings. The molecule has 0 aliphatic rings. The van der Waals surface area contributed by atoms with Crippen molar-refractivity contribution in [2.24, 2.45) is 0 Å². The number of alkyl halides is 3. The normalized spacial score (nSPS) is 14.1. The highest BCUT2D eigenvalue weighted by atomic mass is 19.4. The maximum absolute atomic E-state index is 11.8. The molecule has 15 heavy (non-hydrogen) atoms. The lowest BCUT2D eigenvalue weighted by Gasteiger charge is -2.15. The second-order valence-corrected chi connectivity index (χ2v) is 3.40. The minimum absolute atomic E-state index is 0.0672. The van der Waals surface area contributed by atoms with Crippen LogP contribution in [0.4, 0.5) is 13.2 Å². The van der Waals surface area contributed by atoms with Crippen molar-refractivity contribution in [1.82, 2.24) is 10.6 Å². The van der Waals surface area contributed by atoms with Gasteiger partial charge in [-0.05, 0) is 0 Å². The predicted octanol–water partition coefficient (Wildman–Crippen LogP) is 0.0238. The van der Waals surface area contributed by atoms with Crippen LogP contribution in [0.15, 0.2) is 0 Å². The van der Waals surface area contributed by atoms with Crippen molar-refractivity contribution in [3.8, 4) is 0 Å². The summed E-state index contributed by atoms with van der Waals surface area (Å²) in [6.07, 6.45) is -7.21. The third-order valence-corrected chi connectivity index (χ3v) is 1.54. The molecule has 0 fully saturated rings. The average Bonchev–Trinajstić information content (AvgIpc) is 2.09. The lowest BCUT2D eigenvalue weighted by molar-refractivity contribution is -0.201. The fraction of sp³-hybridized carbons (Fsp3) is 0.875. The molecule has 4 nitrogen and oxygen atoms in total. The molecule has 0 heterocycles. The number of carbonyl (C=O) groups is 1. The van der Waals surface area contributed by atoms with Crippen molar-refractivity contribution in [3.05, 3.63) is 0 Å². The van der Waals surface area contributed by atoms with E-state index in [1.165, 1.54) is 0 Å². The summed E-state index contributed by atoms with van der Waals surface area (Å²) in [6, 6.07) is 0.0725. The van der Waals surface area contributed by atoms with Crippen molar-refractivity contribution >= 4 is 5.91 Å². The van der Waals surface area contributed by atoms with Crippen molar-refractivity contribution < 1.29 is 23.1 Å². The number of rotatable bonds is 5. The van der Waals surface area contributed by atoms with Gasteiger partial charge in [-0.2, -0.15) is 13.2 Å². The Morgan fingerprint density at radius 3 is 2.33 bits per heavy atom. The first kappa shape index (κ1) is 14.2. The first-order chi connectivity index (χ1) is 6.73. The summed E-state index contributed by atoms with van der Waals surface area (Å²) in [4.78, 5) is 10.9. The lowest BCUT2D eigenvalue weighted by atomic mass is 10.3. The number of nitrogens with one attached hydrogen (secondary N) is 2. The minimum atomic E-state index is -4.70. The molecule has 0 saturated carbocycles. The summed E-state index contributed by atoms with van der Waals surface area (Å²) in [5, 5.41) is 13.3. The highest BCUT2D eigenvalue weighted by Crippen LogP contribution is 2.18. The molecule has 0 aromatic carbocycles. The molecular formula is C8H15F3N2O2. The molecule has 0 saturated heterocycles. The van der Waals surface area contributed by atoms with E-state index < -0.39 is 24.7 Å². The van der Waals surface area contributed by atoms with Gasteiger partial charge in [0.05, 0.1) is 13.1 Å². The Balaban J connectivity index is 3.72. The van der Waals surface area contributed by atoms with Crippen LogP contribution in [-0.4, -0.2) is 42.4 Å². The molecule has 90 valence electrons. The van der Waals surface area contributed by atoms with Gasteiger partial charge in [-0.25, -0.2) is 0 Å². The quantitative estimate of drug-likeness (QED) is 0.622. The van der Waals surface area contributed by atoms with Crippen molar-refractivity contribution in [2.45, 2.75) is 32.2 Å². The summed E-state index contributed by atoms with van der Waals surface area (Å²) in [5.74, 6) is -0.577.